The fraction of sp³-hybridized carbons (Fsp3) is 0. The topological polar surface area (TPSA) is 57.9 Å². The van der Waals surface area contributed by atoms with Gasteiger partial charge in [-0.3, -0.25) is 10.2 Å². The van der Waals surface area contributed by atoms with Crippen LogP contribution in [0.5, 0.6) is 0 Å². The normalized spacial score (nSPS) is 10.5. The maximum atomic E-state index is 11.4. The van der Waals surface area contributed by atoms with Crippen LogP contribution in [-0.4, -0.2) is 16.2 Å². The number of hydrogen-bond donors (Lipinski definition) is 3. The molecule has 0 aliphatic carbocycles. The minimum atomic E-state index is -0.500. The van der Waals surface area contributed by atoms with E-state index < -0.39 is 5.97 Å². The van der Waals surface area contributed by atoms with Crippen molar-refractivity contribution in [3.63, 3.8) is 0 Å². The molecule has 0 aliphatic rings. The summed E-state index contributed by atoms with van der Waals surface area (Å²) in [6.07, 6.45) is 0. The molecular formula is C16H11ClN2O2S2. The monoisotopic (exact) mass is 362 g/mol. The minimum absolute atomic E-state index is 0.422. The number of aromatic amines is 2. The first-order valence-corrected chi connectivity index (χ1v) is 7.78. The fourth-order valence-electron chi connectivity index (χ4n) is 2.29. The number of nitrogens with one attached hydrogen (secondary N) is 2. The van der Waals surface area contributed by atoms with Crippen LogP contribution < -0.4 is 0 Å². The first-order valence-electron chi connectivity index (χ1n) is 6.63. The third-order valence-electron chi connectivity index (χ3n) is 3.40. The lowest BCUT2D eigenvalue weighted by molar-refractivity contribution is 0.0772. The molecule has 3 aromatic rings. The number of rotatable bonds is 3. The molecule has 0 fully saturated rings. The molecule has 1 heterocycles. The van der Waals surface area contributed by atoms with Crippen LogP contribution in [0.3, 0.4) is 0 Å². The Kier molecular flexibility index (Phi) is 4.56. The predicted molar refractivity (Wildman–Crippen MR) is 96.3 cm³/mol. The molecule has 116 valence electrons. The van der Waals surface area contributed by atoms with Crippen LogP contribution in [0.15, 0.2) is 48.5 Å². The van der Waals surface area contributed by atoms with Gasteiger partial charge in [0.05, 0.1) is 11.3 Å². The second-order valence-corrected chi connectivity index (χ2v) is 5.82. The number of carbonyl (C=O) groups is 1. The van der Waals surface area contributed by atoms with E-state index in [0.29, 0.717) is 15.2 Å². The quantitative estimate of drug-likeness (QED) is 0.346. The third-order valence-corrected chi connectivity index (χ3v) is 4.13. The number of benzene rings is 2. The van der Waals surface area contributed by atoms with Gasteiger partial charge < -0.3 is 4.18 Å². The van der Waals surface area contributed by atoms with Gasteiger partial charge in [-0.15, -0.1) is 0 Å². The van der Waals surface area contributed by atoms with Gasteiger partial charge in [-0.25, -0.2) is 4.79 Å². The molecule has 0 radical (unpaired) electrons. The molecule has 2 aromatic carbocycles. The largest absolute Gasteiger partial charge is 0.391 e. The highest BCUT2D eigenvalue weighted by Crippen LogP contribution is 2.32. The molecule has 23 heavy (non-hydrogen) atoms. The Hall–Kier alpha value is -2.02. The second kappa shape index (κ2) is 6.62. The zero-order valence-corrected chi connectivity index (χ0v) is 14.1. The summed E-state index contributed by atoms with van der Waals surface area (Å²) in [5.41, 5.74) is 3.97. The van der Waals surface area contributed by atoms with E-state index in [1.165, 1.54) is 0 Å². The van der Waals surface area contributed by atoms with Gasteiger partial charge in [-0.05, 0) is 29.8 Å². The summed E-state index contributed by atoms with van der Waals surface area (Å²) in [5.74, 6) is -0.500. The van der Waals surface area contributed by atoms with E-state index in [0.717, 1.165) is 22.4 Å². The predicted octanol–water partition coefficient (Wildman–Crippen LogP) is 5.06. The first kappa shape index (κ1) is 15.9. The molecule has 0 unspecified atom stereocenters. The number of hydrogen-bond acceptors (Lipinski definition) is 4. The van der Waals surface area contributed by atoms with Gasteiger partial charge in [0.15, 0.2) is 0 Å². The van der Waals surface area contributed by atoms with E-state index in [-0.39, 0.29) is 0 Å². The smallest absolute Gasteiger partial charge is 0.349 e. The van der Waals surface area contributed by atoms with Crippen molar-refractivity contribution in [3.05, 3.63) is 63.8 Å². The van der Waals surface area contributed by atoms with Gasteiger partial charge in [0.25, 0.3) is 0 Å². The molecule has 0 saturated carbocycles. The third kappa shape index (κ3) is 3.19. The van der Waals surface area contributed by atoms with Gasteiger partial charge in [0.1, 0.15) is 4.64 Å². The van der Waals surface area contributed by atoms with Gasteiger partial charge in [-0.1, -0.05) is 48.1 Å². The van der Waals surface area contributed by atoms with Crippen molar-refractivity contribution in [2.75, 3.05) is 0 Å². The summed E-state index contributed by atoms with van der Waals surface area (Å²) < 4.78 is 5.00. The number of H-pyrrole nitrogens is 2. The van der Waals surface area contributed by atoms with Crippen molar-refractivity contribution in [2.24, 2.45) is 0 Å². The van der Waals surface area contributed by atoms with E-state index in [9.17, 15) is 4.79 Å². The van der Waals surface area contributed by atoms with Crippen molar-refractivity contribution in [1.29, 1.82) is 0 Å². The number of carbonyl (C=O) groups excluding carboxylic acids is 1. The van der Waals surface area contributed by atoms with E-state index in [4.69, 9.17) is 23.8 Å². The number of aromatic nitrogens is 2. The first-order chi connectivity index (χ1) is 11.1. The van der Waals surface area contributed by atoms with Crippen molar-refractivity contribution in [3.8, 4) is 22.4 Å². The van der Waals surface area contributed by atoms with Crippen LogP contribution >= 0.6 is 36.7 Å². The Bertz CT molecular complexity index is 899. The molecule has 0 bridgehead atoms. The highest BCUT2D eigenvalue weighted by atomic mass is 35.5. The van der Waals surface area contributed by atoms with E-state index in [1.54, 1.807) is 12.1 Å². The zero-order chi connectivity index (χ0) is 16.4. The Morgan fingerprint density at radius 1 is 1.00 bits per heavy atom. The van der Waals surface area contributed by atoms with Gasteiger partial charge in [-0.2, -0.15) is 0 Å². The van der Waals surface area contributed by atoms with Crippen molar-refractivity contribution in [1.82, 2.24) is 10.2 Å². The SMILES string of the molecule is O=C(OS)c1ccc(-c2[nH][nH]c(=S)c2-c2ccc(Cl)cc2)cc1. The molecule has 3 rings (SSSR count). The van der Waals surface area contributed by atoms with E-state index in [1.807, 2.05) is 36.4 Å². The molecule has 0 spiro atoms. The molecule has 2 N–H and O–H groups in total. The molecule has 1 aromatic heterocycles. The highest BCUT2D eigenvalue weighted by Gasteiger charge is 2.13. The fourth-order valence-corrected chi connectivity index (χ4v) is 2.79. The van der Waals surface area contributed by atoms with Crippen molar-refractivity contribution in [2.45, 2.75) is 0 Å². The van der Waals surface area contributed by atoms with Crippen LogP contribution in [0, 0.1) is 4.64 Å². The van der Waals surface area contributed by atoms with Crippen LogP contribution in [0.2, 0.25) is 5.02 Å². The van der Waals surface area contributed by atoms with Gasteiger partial charge >= 0.3 is 5.97 Å². The van der Waals surface area contributed by atoms with Crippen molar-refractivity contribution >= 4 is 42.7 Å². The maximum Gasteiger partial charge on any atom is 0.349 e. The molecule has 0 amide bonds. The Balaban J connectivity index is 2.06. The minimum Gasteiger partial charge on any atom is -0.391 e. The summed E-state index contributed by atoms with van der Waals surface area (Å²) >= 11 is 14.8. The van der Waals surface area contributed by atoms with Gasteiger partial charge in [0.2, 0.25) is 0 Å². The average molecular weight is 363 g/mol. The number of thiol groups is 1. The van der Waals surface area contributed by atoms with Crippen LogP contribution in [0.25, 0.3) is 22.4 Å². The van der Waals surface area contributed by atoms with Crippen LogP contribution in [0.4, 0.5) is 0 Å². The van der Waals surface area contributed by atoms with E-state index in [2.05, 4.69) is 27.3 Å². The molecule has 0 saturated heterocycles. The van der Waals surface area contributed by atoms with Crippen LogP contribution in [-0.2, 0) is 4.18 Å². The Morgan fingerprint density at radius 3 is 2.22 bits per heavy atom. The summed E-state index contributed by atoms with van der Waals surface area (Å²) in [5, 5.41) is 6.69. The lowest BCUT2D eigenvalue weighted by Gasteiger charge is -2.05. The highest BCUT2D eigenvalue weighted by molar-refractivity contribution is 7.75. The molecular weight excluding hydrogens is 352 g/mol. The standard InChI is InChI=1S/C16H11ClN2O2S2/c17-12-7-5-9(6-8-12)13-14(18-19-15(13)22)10-1-3-11(4-2-10)16(20)21-23/h1-8,23H,(H2,18,19,22). The molecule has 0 atom stereocenters. The van der Waals surface area contributed by atoms with Crippen molar-refractivity contribution < 1.29 is 8.98 Å². The Labute approximate surface area is 148 Å². The molecule has 7 heteroatoms. The van der Waals surface area contributed by atoms with E-state index >= 15 is 0 Å². The van der Waals surface area contributed by atoms with Crippen LogP contribution in [0.1, 0.15) is 10.4 Å². The summed E-state index contributed by atoms with van der Waals surface area (Å²) in [6, 6.07) is 14.4. The molecule has 0 aliphatic heterocycles. The lowest BCUT2D eigenvalue weighted by atomic mass is 10.0. The lowest BCUT2D eigenvalue weighted by Crippen LogP contribution is -1.97. The second-order valence-electron chi connectivity index (χ2n) is 4.79. The summed E-state index contributed by atoms with van der Waals surface area (Å²) in [6.45, 7) is 0. The Morgan fingerprint density at radius 2 is 1.61 bits per heavy atom. The zero-order valence-electron chi connectivity index (χ0n) is 11.7. The number of halogens is 1. The summed E-state index contributed by atoms with van der Waals surface area (Å²) in [7, 11) is 0. The van der Waals surface area contributed by atoms with Gasteiger partial charge in [0, 0.05) is 29.1 Å². The average Bonchev–Trinajstić information content (AvgIpc) is 2.97. The molecule has 4 nitrogen and oxygen atoms in total. The summed E-state index contributed by atoms with van der Waals surface area (Å²) in [4.78, 5) is 11.4. The maximum absolute atomic E-state index is 11.4.